The summed E-state index contributed by atoms with van der Waals surface area (Å²) in [6.07, 6.45) is 3.02. The number of nitrogens with one attached hydrogen (secondary N) is 1. The molecule has 3 aromatic heterocycles. The number of rotatable bonds is 6. The predicted molar refractivity (Wildman–Crippen MR) is 132 cm³/mol. The normalized spacial score (nSPS) is 17.0. The fourth-order valence-electron chi connectivity index (χ4n) is 3.90. The first-order valence-corrected chi connectivity index (χ1v) is 11.3. The lowest BCUT2D eigenvalue weighted by molar-refractivity contribution is 0.102. The number of morpholine rings is 1. The van der Waals surface area contributed by atoms with E-state index in [0.717, 1.165) is 0 Å². The van der Waals surface area contributed by atoms with Crippen LogP contribution in [0.25, 0.3) is 16.8 Å². The van der Waals surface area contributed by atoms with Crippen molar-refractivity contribution in [2.45, 2.75) is 0 Å². The fourth-order valence-corrected chi connectivity index (χ4v) is 3.90. The van der Waals surface area contributed by atoms with Gasteiger partial charge < -0.3 is 34.7 Å². The largest absolute Gasteiger partial charge is 0.422 e. The summed E-state index contributed by atoms with van der Waals surface area (Å²) in [4.78, 5) is 35.0. The number of fused-ring (bicyclic) bond motifs is 1. The molecule has 3 N–H and O–H groups in total. The van der Waals surface area contributed by atoms with Crippen molar-refractivity contribution in [1.29, 1.82) is 0 Å². The number of oxazole rings is 1. The summed E-state index contributed by atoms with van der Waals surface area (Å²) in [6.45, 7) is 4.06. The SMILES string of the molecule is CN=CC(=CN)c1cccc(NC(=O)c2cc3oc(N4CCOCC4)nc3nc2N2CCOC2)n1. The number of amides is 1. The lowest BCUT2D eigenvalue weighted by Gasteiger charge is -2.24. The molecule has 0 saturated carbocycles. The number of carbonyl (C=O) groups excluding carboxylic acids is 1. The first-order chi connectivity index (χ1) is 17.2. The number of carbonyl (C=O) groups is 1. The zero-order valence-corrected chi connectivity index (χ0v) is 19.3. The van der Waals surface area contributed by atoms with Crippen LogP contribution in [0.15, 0.2) is 39.9 Å². The van der Waals surface area contributed by atoms with Crippen molar-refractivity contribution in [2.75, 3.05) is 68.4 Å². The summed E-state index contributed by atoms with van der Waals surface area (Å²) in [7, 11) is 1.65. The van der Waals surface area contributed by atoms with Gasteiger partial charge in [0.15, 0.2) is 5.58 Å². The van der Waals surface area contributed by atoms with Gasteiger partial charge >= 0.3 is 0 Å². The third-order valence-corrected chi connectivity index (χ3v) is 5.66. The highest BCUT2D eigenvalue weighted by Gasteiger charge is 2.26. The van der Waals surface area contributed by atoms with E-state index in [1.54, 1.807) is 37.5 Å². The summed E-state index contributed by atoms with van der Waals surface area (Å²) in [6, 6.07) is 7.41. The molecule has 0 unspecified atom stereocenters. The van der Waals surface area contributed by atoms with E-state index in [1.807, 2.05) is 9.80 Å². The van der Waals surface area contributed by atoms with Gasteiger partial charge in [-0.1, -0.05) is 6.07 Å². The second-order valence-electron chi connectivity index (χ2n) is 7.95. The number of allylic oxidation sites excluding steroid dienone is 1. The Bertz CT molecular complexity index is 1280. The molecule has 5 heterocycles. The second kappa shape index (κ2) is 10.1. The first kappa shape index (κ1) is 22.7. The van der Waals surface area contributed by atoms with Crippen molar-refractivity contribution in [3.8, 4) is 0 Å². The number of hydrogen-bond donors (Lipinski definition) is 2. The summed E-state index contributed by atoms with van der Waals surface area (Å²) in [5.41, 5.74) is 8.12. The monoisotopic (exact) mass is 478 g/mol. The number of aliphatic imine (C=N–C) groups is 1. The van der Waals surface area contributed by atoms with Crippen LogP contribution in [0.4, 0.5) is 17.7 Å². The van der Waals surface area contributed by atoms with Crippen molar-refractivity contribution < 1.29 is 18.7 Å². The Morgan fingerprint density at radius 2 is 1.91 bits per heavy atom. The molecular formula is C23H26N8O4. The Hall–Kier alpha value is -4.03. The maximum atomic E-state index is 13.4. The highest BCUT2D eigenvalue weighted by atomic mass is 16.5. The molecule has 1 amide bonds. The quantitative estimate of drug-likeness (QED) is 0.500. The number of anilines is 3. The number of ether oxygens (including phenoxy) is 2. The maximum Gasteiger partial charge on any atom is 0.300 e. The smallest absolute Gasteiger partial charge is 0.300 e. The number of nitrogens with zero attached hydrogens (tertiary/aromatic N) is 6. The summed E-state index contributed by atoms with van der Waals surface area (Å²) in [5.74, 6) is 0.468. The fraction of sp³-hybridized carbons (Fsp3) is 0.348. The molecule has 0 aromatic carbocycles. The Kier molecular flexibility index (Phi) is 6.55. The van der Waals surface area contributed by atoms with E-state index in [1.165, 1.54) is 6.20 Å². The number of aromatic nitrogens is 3. The first-order valence-electron chi connectivity index (χ1n) is 11.3. The van der Waals surface area contributed by atoms with Gasteiger partial charge in [0.25, 0.3) is 11.9 Å². The Morgan fingerprint density at radius 1 is 1.11 bits per heavy atom. The highest BCUT2D eigenvalue weighted by molar-refractivity contribution is 6.10. The molecular weight excluding hydrogens is 452 g/mol. The molecule has 12 heteroatoms. The number of pyridine rings is 2. The molecule has 182 valence electrons. The zero-order valence-electron chi connectivity index (χ0n) is 19.3. The van der Waals surface area contributed by atoms with E-state index < -0.39 is 0 Å². The molecule has 0 atom stereocenters. The van der Waals surface area contributed by atoms with Crippen LogP contribution in [0.1, 0.15) is 16.1 Å². The van der Waals surface area contributed by atoms with Gasteiger partial charge in [-0.3, -0.25) is 9.79 Å². The van der Waals surface area contributed by atoms with Crippen molar-refractivity contribution in [2.24, 2.45) is 10.7 Å². The lowest BCUT2D eigenvalue weighted by Crippen LogP contribution is -2.36. The van der Waals surface area contributed by atoms with Gasteiger partial charge in [-0.25, -0.2) is 9.97 Å². The van der Waals surface area contributed by atoms with Crippen molar-refractivity contribution in [3.63, 3.8) is 0 Å². The summed E-state index contributed by atoms with van der Waals surface area (Å²) >= 11 is 0. The molecule has 2 saturated heterocycles. The van der Waals surface area contributed by atoms with Gasteiger partial charge in [0.1, 0.15) is 18.4 Å². The minimum absolute atomic E-state index is 0.335. The third kappa shape index (κ3) is 4.79. The third-order valence-electron chi connectivity index (χ3n) is 5.66. The van der Waals surface area contributed by atoms with Crippen molar-refractivity contribution >= 4 is 46.6 Å². The lowest BCUT2D eigenvalue weighted by atomic mass is 10.2. The van der Waals surface area contributed by atoms with Gasteiger partial charge in [-0.2, -0.15) is 4.98 Å². The second-order valence-corrected chi connectivity index (χ2v) is 7.95. The van der Waals surface area contributed by atoms with Crippen LogP contribution in [0.3, 0.4) is 0 Å². The topological polar surface area (TPSA) is 144 Å². The van der Waals surface area contributed by atoms with Crippen molar-refractivity contribution in [3.05, 3.63) is 41.7 Å². The molecule has 12 nitrogen and oxygen atoms in total. The molecule has 5 rings (SSSR count). The zero-order chi connectivity index (χ0) is 24.2. The van der Waals surface area contributed by atoms with E-state index in [2.05, 4.69) is 25.3 Å². The van der Waals surface area contributed by atoms with Gasteiger partial charge in [-0.15, -0.1) is 0 Å². The summed E-state index contributed by atoms with van der Waals surface area (Å²) < 4.78 is 16.9. The number of nitrogens with two attached hydrogens (primary N) is 1. The van der Waals surface area contributed by atoms with Crippen LogP contribution in [0.2, 0.25) is 0 Å². The van der Waals surface area contributed by atoms with E-state index in [-0.39, 0.29) is 5.91 Å². The molecule has 3 aromatic rings. The van der Waals surface area contributed by atoms with E-state index in [0.29, 0.717) is 91.9 Å². The van der Waals surface area contributed by atoms with E-state index >= 15 is 0 Å². The highest BCUT2D eigenvalue weighted by Crippen LogP contribution is 2.29. The van der Waals surface area contributed by atoms with Crippen LogP contribution in [0, 0.1) is 0 Å². The van der Waals surface area contributed by atoms with Crippen LogP contribution < -0.4 is 20.9 Å². The van der Waals surface area contributed by atoms with Gasteiger partial charge in [0.05, 0.1) is 31.1 Å². The molecule has 35 heavy (non-hydrogen) atoms. The Labute approximate surface area is 201 Å². The average molecular weight is 479 g/mol. The Balaban J connectivity index is 1.48. The minimum Gasteiger partial charge on any atom is -0.422 e. The Morgan fingerprint density at radius 3 is 2.66 bits per heavy atom. The molecule has 2 fully saturated rings. The van der Waals surface area contributed by atoms with Crippen LogP contribution in [0.5, 0.6) is 0 Å². The van der Waals surface area contributed by atoms with Crippen LogP contribution in [-0.4, -0.2) is 80.3 Å². The van der Waals surface area contributed by atoms with Gasteiger partial charge in [-0.05, 0) is 12.1 Å². The number of hydrogen-bond acceptors (Lipinski definition) is 11. The predicted octanol–water partition coefficient (Wildman–Crippen LogP) is 1.50. The molecule has 0 radical (unpaired) electrons. The summed E-state index contributed by atoms with van der Waals surface area (Å²) in [5, 5.41) is 2.86. The van der Waals surface area contributed by atoms with Gasteiger partial charge in [0, 0.05) is 50.7 Å². The van der Waals surface area contributed by atoms with E-state index in [9.17, 15) is 4.79 Å². The van der Waals surface area contributed by atoms with Crippen molar-refractivity contribution in [1.82, 2.24) is 15.0 Å². The van der Waals surface area contributed by atoms with Gasteiger partial charge in [0.2, 0.25) is 5.65 Å². The standard InChI is InChI=1S/C23H26N8O4/c1-25-13-15(12-24)17-3-2-4-19(26-17)27-22(32)16-11-18-20(28-21(16)31-7-10-34-14-31)29-23(35-18)30-5-8-33-9-6-30/h2-4,11-13H,5-10,14,24H2,1H3,(H,26,27,32). The van der Waals surface area contributed by atoms with Crippen LogP contribution >= 0.6 is 0 Å². The minimum atomic E-state index is -0.377. The van der Waals surface area contributed by atoms with E-state index in [4.69, 9.17) is 19.6 Å². The molecule has 0 bridgehead atoms. The molecule has 0 spiro atoms. The molecule has 2 aliphatic rings. The molecule has 2 aliphatic heterocycles. The average Bonchev–Trinajstić information content (AvgIpc) is 3.57. The molecule has 0 aliphatic carbocycles. The maximum absolute atomic E-state index is 13.4. The van der Waals surface area contributed by atoms with Crippen LogP contribution in [-0.2, 0) is 9.47 Å².